The first kappa shape index (κ1) is 11.2. The van der Waals surface area contributed by atoms with Crippen LogP contribution in [0.3, 0.4) is 0 Å². The summed E-state index contributed by atoms with van der Waals surface area (Å²) in [7, 11) is 0. The lowest BCUT2D eigenvalue weighted by Gasteiger charge is -2.03. The van der Waals surface area contributed by atoms with Crippen molar-refractivity contribution in [2.45, 2.75) is 33.6 Å². The summed E-state index contributed by atoms with van der Waals surface area (Å²) in [5.41, 5.74) is 0. The molecule has 78 valence electrons. The summed E-state index contributed by atoms with van der Waals surface area (Å²) in [4.78, 5) is 16.6. The lowest BCUT2D eigenvalue weighted by Crippen LogP contribution is -2.11. The van der Waals surface area contributed by atoms with Gasteiger partial charge in [-0.2, -0.15) is 0 Å². The predicted molar refractivity (Wildman–Crippen MR) is 59.6 cm³/mol. The third-order valence-electron chi connectivity index (χ3n) is 1.82. The second-order valence-electron chi connectivity index (χ2n) is 3.76. The molecule has 0 aromatic carbocycles. The molecule has 14 heavy (non-hydrogen) atoms. The maximum absolute atomic E-state index is 11.4. The Hall–Kier alpha value is -0.900. The number of carbonyl (C=O) groups is 1. The van der Waals surface area contributed by atoms with Gasteiger partial charge in [-0.1, -0.05) is 13.8 Å². The van der Waals surface area contributed by atoms with Crippen molar-refractivity contribution >= 4 is 22.4 Å². The third kappa shape index (κ3) is 3.87. The molecular weight excluding hydrogens is 196 g/mol. The minimum absolute atomic E-state index is 0.0630. The first-order chi connectivity index (χ1) is 6.58. The lowest BCUT2D eigenvalue weighted by molar-refractivity contribution is -0.116. The number of carbonyl (C=O) groups excluding carboxylic acids is 1. The van der Waals surface area contributed by atoms with Gasteiger partial charge < -0.3 is 5.32 Å². The fourth-order valence-electron chi connectivity index (χ4n) is 1.01. The molecule has 0 spiro atoms. The number of hydrogen-bond donors (Lipinski definition) is 1. The summed E-state index contributed by atoms with van der Waals surface area (Å²) in [5, 5.41) is 3.49. The van der Waals surface area contributed by atoms with E-state index in [2.05, 4.69) is 24.1 Å². The predicted octanol–water partition coefficient (Wildman–Crippen LogP) is 2.83. The van der Waals surface area contributed by atoms with Crippen LogP contribution in [0.5, 0.6) is 0 Å². The SMILES string of the molecule is Cc1cnc(NC(=O)CCC(C)C)s1. The number of hydrogen-bond acceptors (Lipinski definition) is 3. The third-order valence-corrected chi connectivity index (χ3v) is 2.64. The number of thiazole rings is 1. The fourth-order valence-corrected chi connectivity index (χ4v) is 1.69. The van der Waals surface area contributed by atoms with Crippen molar-refractivity contribution in [1.82, 2.24) is 4.98 Å². The molecule has 0 aliphatic rings. The van der Waals surface area contributed by atoms with E-state index in [0.29, 0.717) is 17.5 Å². The standard InChI is InChI=1S/C10H16N2OS/c1-7(2)4-5-9(13)12-10-11-6-8(3)14-10/h6-7H,4-5H2,1-3H3,(H,11,12,13). The van der Waals surface area contributed by atoms with Crippen LogP contribution in [0.25, 0.3) is 0 Å². The van der Waals surface area contributed by atoms with E-state index in [1.165, 1.54) is 11.3 Å². The van der Waals surface area contributed by atoms with Crippen LogP contribution in [0.1, 0.15) is 31.6 Å². The first-order valence-corrected chi connectivity index (χ1v) is 5.62. The maximum Gasteiger partial charge on any atom is 0.226 e. The van der Waals surface area contributed by atoms with Gasteiger partial charge in [0.15, 0.2) is 5.13 Å². The van der Waals surface area contributed by atoms with E-state index in [4.69, 9.17) is 0 Å². The number of anilines is 1. The van der Waals surface area contributed by atoms with Crippen molar-refractivity contribution in [3.05, 3.63) is 11.1 Å². The van der Waals surface area contributed by atoms with Crippen LogP contribution >= 0.6 is 11.3 Å². The minimum atomic E-state index is 0.0630. The van der Waals surface area contributed by atoms with E-state index in [1.54, 1.807) is 6.20 Å². The van der Waals surface area contributed by atoms with Gasteiger partial charge in [-0.25, -0.2) is 4.98 Å². The number of nitrogens with one attached hydrogen (secondary N) is 1. The molecule has 4 heteroatoms. The normalized spacial score (nSPS) is 10.6. The van der Waals surface area contributed by atoms with Gasteiger partial charge in [0.2, 0.25) is 5.91 Å². The summed E-state index contributed by atoms with van der Waals surface area (Å²) >= 11 is 1.51. The average molecular weight is 212 g/mol. The quantitative estimate of drug-likeness (QED) is 0.833. The second kappa shape index (κ2) is 5.10. The lowest BCUT2D eigenvalue weighted by atomic mass is 10.1. The molecule has 1 N–H and O–H groups in total. The number of amides is 1. The van der Waals surface area contributed by atoms with E-state index in [-0.39, 0.29) is 5.91 Å². The molecule has 0 radical (unpaired) electrons. The zero-order valence-electron chi connectivity index (χ0n) is 8.83. The van der Waals surface area contributed by atoms with E-state index < -0.39 is 0 Å². The van der Waals surface area contributed by atoms with Crippen LogP contribution in [-0.2, 0) is 4.79 Å². The largest absolute Gasteiger partial charge is 0.302 e. The molecule has 1 aromatic heterocycles. The smallest absolute Gasteiger partial charge is 0.226 e. The van der Waals surface area contributed by atoms with Crippen LogP contribution < -0.4 is 5.32 Å². The molecule has 1 rings (SSSR count). The van der Waals surface area contributed by atoms with E-state index >= 15 is 0 Å². The zero-order valence-corrected chi connectivity index (χ0v) is 9.65. The summed E-state index contributed by atoms with van der Waals surface area (Å²) in [6.07, 6.45) is 3.27. The van der Waals surface area contributed by atoms with Gasteiger partial charge >= 0.3 is 0 Å². The molecular formula is C10H16N2OS. The molecule has 1 amide bonds. The summed E-state index contributed by atoms with van der Waals surface area (Å²) in [5.74, 6) is 0.631. The molecule has 0 saturated carbocycles. The van der Waals surface area contributed by atoms with E-state index in [1.807, 2.05) is 6.92 Å². The van der Waals surface area contributed by atoms with Gasteiger partial charge in [0, 0.05) is 17.5 Å². The molecule has 0 fully saturated rings. The van der Waals surface area contributed by atoms with Gasteiger partial charge in [0.1, 0.15) is 0 Å². The number of aryl methyl sites for hydroxylation is 1. The molecule has 1 heterocycles. The highest BCUT2D eigenvalue weighted by Gasteiger charge is 2.05. The van der Waals surface area contributed by atoms with E-state index in [9.17, 15) is 4.79 Å². The van der Waals surface area contributed by atoms with Gasteiger partial charge in [-0.15, -0.1) is 11.3 Å². The maximum atomic E-state index is 11.4. The Balaban J connectivity index is 2.34. The fraction of sp³-hybridized carbons (Fsp3) is 0.600. The van der Waals surface area contributed by atoms with Crippen LogP contribution in [0, 0.1) is 12.8 Å². The topological polar surface area (TPSA) is 42.0 Å². The second-order valence-corrected chi connectivity index (χ2v) is 4.99. The van der Waals surface area contributed by atoms with Crippen molar-refractivity contribution in [1.29, 1.82) is 0 Å². The Bertz CT molecular complexity index is 307. The number of rotatable bonds is 4. The Kier molecular flexibility index (Phi) is 4.07. The van der Waals surface area contributed by atoms with Gasteiger partial charge in [-0.05, 0) is 19.3 Å². The van der Waals surface area contributed by atoms with Gasteiger partial charge in [0.25, 0.3) is 0 Å². The Labute approximate surface area is 88.6 Å². The minimum Gasteiger partial charge on any atom is -0.302 e. The van der Waals surface area contributed by atoms with Crippen LogP contribution in [-0.4, -0.2) is 10.9 Å². The molecule has 1 aromatic rings. The van der Waals surface area contributed by atoms with Crippen molar-refractivity contribution in [2.24, 2.45) is 5.92 Å². The highest BCUT2D eigenvalue weighted by atomic mass is 32.1. The van der Waals surface area contributed by atoms with Crippen LogP contribution in [0.15, 0.2) is 6.20 Å². The first-order valence-electron chi connectivity index (χ1n) is 4.80. The van der Waals surface area contributed by atoms with Crippen molar-refractivity contribution in [3.63, 3.8) is 0 Å². The Morgan fingerprint density at radius 2 is 2.36 bits per heavy atom. The van der Waals surface area contributed by atoms with Crippen molar-refractivity contribution in [2.75, 3.05) is 5.32 Å². The number of aromatic nitrogens is 1. The summed E-state index contributed by atoms with van der Waals surface area (Å²) in [6.45, 7) is 6.20. The zero-order chi connectivity index (χ0) is 10.6. The number of nitrogens with zero attached hydrogens (tertiary/aromatic N) is 1. The van der Waals surface area contributed by atoms with Gasteiger partial charge in [-0.3, -0.25) is 4.79 Å². The molecule has 0 atom stereocenters. The molecule has 0 aliphatic heterocycles. The Morgan fingerprint density at radius 1 is 1.64 bits per heavy atom. The van der Waals surface area contributed by atoms with Crippen LogP contribution in [0.4, 0.5) is 5.13 Å². The van der Waals surface area contributed by atoms with Crippen LogP contribution in [0.2, 0.25) is 0 Å². The van der Waals surface area contributed by atoms with Gasteiger partial charge in [0.05, 0.1) is 0 Å². The van der Waals surface area contributed by atoms with Crippen molar-refractivity contribution < 1.29 is 4.79 Å². The van der Waals surface area contributed by atoms with Crippen molar-refractivity contribution in [3.8, 4) is 0 Å². The molecule has 0 saturated heterocycles. The molecule has 0 bridgehead atoms. The van der Waals surface area contributed by atoms with E-state index in [0.717, 1.165) is 11.3 Å². The highest BCUT2D eigenvalue weighted by Crippen LogP contribution is 2.17. The average Bonchev–Trinajstić information content (AvgIpc) is 2.48. The monoisotopic (exact) mass is 212 g/mol. The molecule has 0 aliphatic carbocycles. The summed E-state index contributed by atoms with van der Waals surface area (Å²) < 4.78 is 0. The molecule has 0 unspecified atom stereocenters. The Morgan fingerprint density at radius 3 is 2.86 bits per heavy atom. The summed E-state index contributed by atoms with van der Waals surface area (Å²) in [6, 6.07) is 0. The highest BCUT2D eigenvalue weighted by molar-refractivity contribution is 7.15. The molecule has 3 nitrogen and oxygen atoms in total.